The Labute approximate surface area is 139 Å². The summed E-state index contributed by atoms with van der Waals surface area (Å²) in [4.78, 5) is 19.5. The number of hydrogen-bond donors (Lipinski definition) is 0. The first kappa shape index (κ1) is 16.0. The number of rotatable bonds is 4. The first-order valence-electron chi connectivity index (χ1n) is 8.01. The maximum atomic E-state index is 12.5. The quantitative estimate of drug-likeness (QED) is 0.854. The first-order valence-corrected chi connectivity index (χ1v) is 8.79. The molecular formula is C15H21N5O2S. The summed E-state index contributed by atoms with van der Waals surface area (Å²) < 4.78 is 9.27. The van der Waals surface area contributed by atoms with Crippen LogP contribution in [0.25, 0.3) is 0 Å². The Morgan fingerprint density at radius 2 is 2.17 bits per heavy atom. The molecule has 1 unspecified atom stereocenters. The molecular weight excluding hydrogens is 314 g/mol. The predicted octanol–water partition coefficient (Wildman–Crippen LogP) is 2.76. The van der Waals surface area contributed by atoms with Gasteiger partial charge in [0.25, 0.3) is 5.91 Å². The van der Waals surface area contributed by atoms with E-state index in [4.69, 9.17) is 4.52 Å². The average Bonchev–Trinajstić information content (AvgIpc) is 3.23. The summed E-state index contributed by atoms with van der Waals surface area (Å²) in [6.45, 7) is 7.42. The van der Waals surface area contributed by atoms with Crippen molar-refractivity contribution in [3.8, 4) is 0 Å². The van der Waals surface area contributed by atoms with Gasteiger partial charge >= 0.3 is 0 Å². The zero-order valence-corrected chi connectivity index (χ0v) is 14.5. The van der Waals surface area contributed by atoms with E-state index in [9.17, 15) is 4.79 Å². The fraction of sp³-hybridized carbons (Fsp3) is 0.667. The Morgan fingerprint density at radius 3 is 2.78 bits per heavy atom. The van der Waals surface area contributed by atoms with E-state index in [-0.39, 0.29) is 11.8 Å². The highest BCUT2D eigenvalue weighted by Crippen LogP contribution is 2.29. The van der Waals surface area contributed by atoms with Crippen LogP contribution in [-0.4, -0.2) is 43.6 Å². The van der Waals surface area contributed by atoms with E-state index >= 15 is 0 Å². The average molecular weight is 335 g/mol. The number of carbonyl (C=O) groups is 1. The predicted molar refractivity (Wildman–Crippen MR) is 85.5 cm³/mol. The Morgan fingerprint density at radius 1 is 1.43 bits per heavy atom. The smallest absolute Gasteiger partial charge is 0.267 e. The summed E-state index contributed by atoms with van der Waals surface area (Å²) in [5.74, 6) is 2.08. The van der Waals surface area contributed by atoms with Gasteiger partial charge in [0.05, 0.1) is 5.69 Å². The van der Waals surface area contributed by atoms with Crippen LogP contribution in [0.15, 0.2) is 4.52 Å². The van der Waals surface area contributed by atoms with E-state index in [0.717, 1.165) is 36.6 Å². The molecule has 0 radical (unpaired) electrons. The second kappa shape index (κ2) is 6.74. The second-order valence-electron chi connectivity index (χ2n) is 6.05. The number of hydrogen-bond acceptors (Lipinski definition) is 7. The fourth-order valence-electron chi connectivity index (χ4n) is 2.70. The van der Waals surface area contributed by atoms with Crippen molar-refractivity contribution in [3.63, 3.8) is 0 Å². The largest absolute Gasteiger partial charge is 0.339 e. The van der Waals surface area contributed by atoms with Gasteiger partial charge in [0.2, 0.25) is 5.89 Å². The second-order valence-corrected chi connectivity index (χ2v) is 6.81. The zero-order chi connectivity index (χ0) is 16.4. The topological polar surface area (TPSA) is 85.0 Å². The molecule has 1 amide bonds. The maximum absolute atomic E-state index is 12.5. The molecule has 3 rings (SSSR count). The number of likely N-dealkylation sites (tertiary alicyclic amines) is 1. The van der Waals surface area contributed by atoms with Crippen molar-refractivity contribution < 1.29 is 9.32 Å². The highest BCUT2D eigenvalue weighted by Gasteiger charge is 2.29. The Balaban J connectivity index is 1.61. The summed E-state index contributed by atoms with van der Waals surface area (Å²) in [5, 5.41) is 8.00. The van der Waals surface area contributed by atoms with Crippen LogP contribution < -0.4 is 0 Å². The van der Waals surface area contributed by atoms with Crippen molar-refractivity contribution >= 4 is 17.4 Å². The van der Waals surface area contributed by atoms with E-state index in [1.165, 1.54) is 0 Å². The number of amides is 1. The minimum absolute atomic E-state index is 0.0294. The van der Waals surface area contributed by atoms with Crippen LogP contribution in [0.4, 0.5) is 0 Å². The third kappa shape index (κ3) is 3.26. The first-order chi connectivity index (χ1) is 11.1. The van der Waals surface area contributed by atoms with Gasteiger partial charge in [-0.25, -0.2) is 0 Å². The highest BCUT2D eigenvalue weighted by atomic mass is 32.1. The number of aryl methyl sites for hydroxylation is 1. The summed E-state index contributed by atoms with van der Waals surface area (Å²) in [6.07, 6.45) is 2.69. The number of piperidine rings is 1. The van der Waals surface area contributed by atoms with Crippen molar-refractivity contribution in [2.75, 3.05) is 13.1 Å². The van der Waals surface area contributed by atoms with Crippen LogP contribution >= 0.6 is 11.5 Å². The van der Waals surface area contributed by atoms with E-state index in [1.54, 1.807) is 0 Å². The summed E-state index contributed by atoms with van der Waals surface area (Å²) >= 11 is 1.16. The fourth-order valence-corrected chi connectivity index (χ4v) is 3.32. The zero-order valence-electron chi connectivity index (χ0n) is 13.7. The molecule has 23 heavy (non-hydrogen) atoms. The lowest BCUT2D eigenvalue weighted by molar-refractivity contribution is 0.0708. The molecule has 1 fully saturated rings. The van der Waals surface area contributed by atoms with Gasteiger partial charge in [-0.1, -0.05) is 23.5 Å². The van der Waals surface area contributed by atoms with Crippen molar-refractivity contribution in [3.05, 3.63) is 22.3 Å². The summed E-state index contributed by atoms with van der Waals surface area (Å²) in [7, 11) is 0. The van der Waals surface area contributed by atoms with Crippen molar-refractivity contribution in [2.45, 2.75) is 51.9 Å². The molecule has 1 atom stereocenters. The van der Waals surface area contributed by atoms with Crippen molar-refractivity contribution in [2.24, 2.45) is 0 Å². The van der Waals surface area contributed by atoms with Gasteiger partial charge in [-0.3, -0.25) is 4.79 Å². The molecule has 7 nitrogen and oxygen atoms in total. The van der Waals surface area contributed by atoms with Crippen LogP contribution in [-0.2, 0) is 0 Å². The third-order valence-corrected chi connectivity index (χ3v) is 5.30. The molecule has 1 saturated heterocycles. The van der Waals surface area contributed by atoms with Crippen molar-refractivity contribution in [1.82, 2.24) is 24.6 Å². The van der Waals surface area contributed by atoms with E-state index in [2.05, 4.69) is 33.6 Å². The molecule has 0 aliphatic carbocycles. The highest BCUT2D eigenvalue weighted by molar-refractivity contribution is 7.07. The number of carbonyl (C=O) groups excluding carboxylic acids is 1. The monoisotopic (exact) mass is 335 g/mol. The molecule has 1 aliphatic rings. The third-order valence-electron chi connectivity index (χ3n) is 4.49. The lowest BCUT2D eigenvalue weighted by Gasteiger charge is -2.30. The van der Waals surface area contributed by atoms with Gasteiger partial charge in [0.15, 0.2) is 5.82 Å². The standard InChI is InChI=1S/C15H21N5O2S/c1-4-9(2)13-16-14(22-18-13)11-5-7-20(8-6-11)15(21)12-10(3)17-19-23-12/h9,11H,4-8H2,1-3H3. The SMILES string of the molecule is CCC(C)c1noc(C2CCN(C(=O)c3snnc3C)CC2)n1. The molecule has 8 heteroatoms. The number of nitrogens with zero attached hydrogens (tertiary/aromatic N) is 5. The summed E-state index contributed by atoms with van der Waals surface area (Å²) in [6, 6.07) is 0. The minimum Gasteiger partial charge on any atom is -0.339 e. The van der Waals surface area contributed by atoms with Gasteiger partial charge in [-0.2, -0.15) is 4.98 Å². The molecule has 2 aromatic heterocycles. The van der Waals surface area contributed by atoms with Gasteiger partial charge in [0.1, 0.15) is 4.88 Å². The molecule has 3 heterocycles. The molecule has 1 aliphatic heterocycles. The molecule has 0 N–H and O–H groups in total. The van der Waals surface area contributed by atoms with E-state index < -0.39 is 0 Å². The molecule has 0 aromatic carbocycles. The van der Waals surface area contributed by atoms with Gasteiger partial charge < -0.3 is 9.42 Å². The van der Waals surface area contributed by atoms with E-state index in [0.29, 0.717) is 35.5 Å². The molecule has 0 saturated carbocycles. The Bertz CT molecular complexity index is 675. The maximum Gasteiger partial charge on any atom is 0.267 e. The molecule has 0 bridgehead atoms. The van der Waals surface area contributed by atoms with Crippen LogP contribution in [0.3, 0.4) is 0 Å². The Hall–Kier alpha value is -1.83. The van der Waals surface area contributed by atoms with Gasteiger partial charge in [0, 0.05) is 24.9 Å². The Kier molecular flexibility index (Phi) is 4.70. The van der Waals surface area contributed by atoms with E-state index in [1.807, 2.05) is 11.8 Å². The molecule has 0 spiro atoms. The normalized spacial score (nSPS) is 17.4. The lowest BCUT2D eigenvalue weighted by Crippen LogP contribution is -2.37. The van der Waals surface area contributed by atoms with Crippen LogP contribution in [0, 0.1) is 6.92 Å². The van der Waals surface area contributed by atoms with Crippen LogP contribution in [0.1, 0.15) is 72.0 Å². The molecule has 2 aromatic rings. The van der Waals surface area contributed by atoms with Crippen LogP contribution in [0.5, 0.6) is 0 Å². The van der Waals surface area contributed by atoms with Gasteiger partial charge in [-0.15, -0.1) is 5.10 Å². The van der Waals surface area contributed by atoms with Crippen LogP contribution in [0.2, 0.25) is 0 Å². The number of aromatic nitrogens is 4. The summed E-state index contributed by atoms with van der Waals surface area (Å²) in [5.41, 5.74) is 0.706. The lowest BCUT2D eigenvalue weighted by atomic mass is 9.96. The molecule has 124 valence electrons. The minimum atomic E-state index is 0.0294. The van der Waals surface area contributed by atoms with Gasteiger partial charge in [-0.05, 0) is 37.7 Å². The van der Waals surface area contributed by atoms with Crippen molar-refractivity contribution in [1.29, 1.82) is 0 Å².